The lowest BCUT2D eigenvalue weighted by Gasteiger charge is -2.32. The van der Waals surface area contributed by atoms with Gasteiger partial charge in [0.25, 0.3) is 0 Å². The third-order valence-electron chi connectivity index (χ3n) is 4.32. The van der Waals surface area contributed by atoms with E-state index in [1.54, 1.807) is 31.2 Å². The number of hydrogen-bond donors (Lipinski definition) is 0. The summed E-state index contributed by atoms with van der Waals surface area (Å²) in [6.45, 7) is 7.17. The van der Waals surface area contributed by atoms with E-state index in [0.717, 1.165) is 5.46 Å². The summed E-state index contributed by atoms with van der Waals surface area (Å²) in [6.07, 6.45) is 0. The van der Waals surface area contributed by atoms with Crippen molar-refractivity contribution in [3.8, 4) is 0 Å². The van der Waals surface area contributed by atoms with Crippen LogP contribution >= 0.6 is 0 Å². The second-order valence-corrected chi connectivity index (χ2v) is 6.44. The van der Waals surface area contributed by atoms with Gasteiger partial charge in [0.2, 0.25) is 0 Å². The molecule has 0 amide bonds. The molecule has 0 bridgehead atoms. The number of ether oxygens (including phenoxy) is 1. The van der Waals surface area contributed by atoms with E-state index in [1.807, 2.05) is 27.7 Å². The standard InChI is InChI=1S/C17H25BO4/c1-7-20-15(19)12(2)13-8-10-14(11-9-13)18-21-16(3,4)17(5,6)22-18/h8-12H,7H2,1-6H3/i2D3. The molecule has 1 heterocycles. The largest absolute Gasteiger partial charge is 0.494 e. The highest BCUT2D eigenvalue weighted by atomic mass is 16.7. The molecule has 1 atom stereocenters. The minimum Gasteiger partial charge on any atom is -0.466 e. The Labute approximate surface area is 137 Å². The summed E-state index contributed by atoms with van der Waals surface area (Å²) in [7, 11) is -0.534. The highest BCUT2D eigenvalue weighted by Crippen LogP contribution is 2.36. The van der Waals surface area contributed by atoms with Crippen molar-refractivity contribution in [3.63, 3.8) is 0 Å². The van der Waals surface area contributed by atoms with Gasteiger partial charge in [-0.3, -0.25) is 4.79 Å². The normalized spacial score (nSPS) is 23.3. The molecule has 0 aliphatic carbocycles. The zero-order valence-electron chi connectivity index (χ0n) is 16.8. The molecule has 1 aromatic carbocycles. The Hall–Kier alpha value is -1.33. The molecule has 0 N–H and O–H groups in total. The second-order valence-electron chi connectivity index (χ2n) is 6.44. The molecule has 1 unspecified atom stereocenters. The highest BCUT2D eigenvalue weighted by molar-refractivity contribution is 6.62. The molecule has 2 rings (SSSR count). The van der Waals surface area contributed by atoms with Crippen LogP contribution in [-0.2, 0) is 18.8 Å². The van der Waals surface area contributed by atoms with Gasteiger partial charge in [-0.05, 0) is 52.5 Å². The minimum absolute atomic E-state index is 0.136. The Morgan fingerprint density at radius 1 is 1.23 bits per heavy atom. The maximum atomic E-state index is 12.1. The van der Waals surface area contributed by atoms with Crippen molar-refractivity contribution in [1.29, 1.82) is 0 Å². The van der Waals surface area contributed by atoms with E-state index in [0.29, 0.717) is 5.56 Å². The summed E-state index contributed by atoms with van der Waals surface area (Å²) in [5.41, 5.74) is 0.250. The lowest BCUT2D eigenvalue weighted by molar-refractivity contribution is -0.144. The number of hydrogen-bond acceptors (Lipinski definition) is 4. The van der Waals surface area contributed by atoms with Gasteiger partial charge in [-0.15, -0.1) is 0 Å². The molecule has 1 saturated heterocycles. The fourth-order valence-electron chi connectivity index (χ4n) is 2.19. The minimum atomic E-state index is -2.47. The van der Waals surface area contributed by atoms with Gasteiger partial charge in [0.05, 0.1) is 23.7 Å². The lowest BCUT2D eigenvalue weighted by atomic mass is 9.78. The summed E-state index contributed by atoms with van der Waals surface area (Å²) in [5, 5.41) is 0. The summed E-state index contributed by atoms with van der Waals surface area (Å²) in [5.74, 6) is -2.05. The molecule has 1 fully saturated rings. The second kappa shape index (κ2) is 6.05. The topological polar surface area (TPSA) is 44.8 Å². The predicted octanol–water partition coefficient (Wildman–Crippen LogP) is 2.65. The Morgan fingerprint density at radius 2 is 1.77 bits per heavy atom. The zero-order chi connectivity index (χ0) is 19.0. The van der Waals surface area contributed by atoms with E-state index in [4.69, 9.17) is 18.2 Å². The maximum Gasteiger partial charge on any atom is 0.494 e. The predicted molar refractivity (Wildman–Crippen MR) is 87.2 cm³/mol. The fraction of sp³-hybridized carbons (Fsp3) is 0.588. The van der Waals surface area contributed by atoms with Gasteiger partial charge in [-0.2, -0.15) is 0 Å². The van der Waals surface area contributed by atoms with Crippen molar-refractivity contribution in [3.05, 3.63) is 29.8 Å². The molecule has 0 radical (unpaired) electrons. The van der Waals surface area contributed by atoms with Crippen LogP contribution in [0.4, 0.5) is 0 Å². The summed E-state index contributed by atoms with van der Waals surface area (Å²) < 4.78 is 39.8. The van der Waals surface area contributed by atoms with Crippen molar-refractivity contribution in [2.24, 2.45) is 0 Å². The first-order chi connectivity index (χ1) is 11.4. The number of carbonyl (C=O) groups excluding carboxylic acids is 1. The molecule has 1 aromatic rings. The summed E-state index contributed by atoms with van der Waals surface area (Å²) in [6, 6.07) is 6.70. The molecule has 0 aromatic heterocycles. The first-order valence-electron chi connectivity index (χ1n) is 9.01. The maximum absolute atomic E-state index is 12.1. The van der Waals surface area contributed by atoms with Gasteiger partial charge in [0.15, 0.2) is 0 Å². The SMILES string of the molecule is [2H]C([2H])([2H])C(C(=O)OCC)c1ccc(B2OC(C)(C)C(C)(C)O2)cc1. The van der Waals surface area contributed by atoms with Crippen LogP contribution in [0.5, 0.6) is 0 Å². The monoisotopic (exact) mass is 307 g/mol. The third-order valence-corrected chi connectivity index (χ3v) is 4.32. The smallest absolute Gasteiger partial charge is 0.466 e. The zero-order valence-corrected chi connectivity index (χ0v) is 13.8. The van der Waals surface area contributed by atoms with E-state index in [1.165, 1.54) is 0 Å². The molecule has 0 spiro atoms. The van der Waals surface area contributed by atoms with Crippen molar-refractivity contribution < 1.29 is 23.0 Å². The molecule has 1 aliphatic rings. The molecule has 1 aliphatic heterocycles. The third kappa shape index (κ3) is 3.20. The molecular weight excluding hydrogens is 279 g/mol. The first kappa shape index (κ1) is 13.1. The van der Waals surface area contributed by atoms with Crippen LogP contribution in [-0.4, -0.2) is 30.9 Å². The van der Waals surface area contributed by atoms with Crippen molar-refractivity contribution >= 4 is 18.6 Å². The fourth-order valence-corrected chi connectivity index (χ4v) is 2.19. The highest BCUT2D eigenvalue weighted by Gasteiger charge is 2.51. The van der Waals surface area contributed by atoms with Gasteiger partial charge in [0, 0.05) is 4.11 Å². The molecule has 120 valence electrons. The van der Waals surface area contributed by atoms with Crippen LogP contribution in [0.15, 0.2) is 24.3 Å². The van der Waals surface area contributed by atoms with Crippen LogP contribution in [0, 0.1) is 0 Å². The molecule has 4 nitrogen and oxygen atoms in total. The van der Waals surface area contributed by atoms with Gasteiger partial charge < -0.3 is 14.0 Å². The summed E-state index contributed by atoms with van der Waals surface area (Å²) in [4.78, 5) is 12.1. The average Bonchev–Trinajstić information content (AvgIpc) is 2.67. The lowest BCUT2D eigenvalue weighted by Crippen LogP contribution is -2.41. The van der Waals surface area contributed by atoms with Crippen LogP contribution < -0.4 is 5.46 Å². The number of rotatable bonds is 4. The quantitative estimate of drug-likeness (QED) is 0.634. The molecule has 0 saturated carbocycles. The van der Waals surface area contributed by atoms with Gasteiger partial charge >= 0.3 is 13.1 Å². The van der Waals surface area contributed by atoms with Gasteiger partial charge in [-0.25, -0.2) is 0 Å². The Balaban J connectivity index is 2.25. The van der Waals surface area contributed by atoms with E-state index in [2.05, 4.69) is 0 Å². The van der Waals surface area contributed by atoms with Gasteiger partial charge in [0.1, 0.15) is 0 Å². The molecule has 5 heteroatoms. The summed E-state index contributed by atoms with van der Waals surface area (Å²) >= 11 is 0. The Morgan fingerprint density at radius 3 is 2.23 bits per heavy atom. The van der Waals surface area contributed by atoms with E-state index < -0.39 is 37.1 Å². The molecule has 22 heavy (non-hydrogen) atoms. The van der Waals surface area contributed by atoms with Crippen molar-refractivity contribution in [2.45, 2.75) is 58.6 Å². The average molecular weight is 307 g/mol. The number of benzene rings is 1. The van der Waals surface area contributed by atoms with Crippen molar-refractivity contribution in [2.75, 3.05) is 6.61 Å². The van der Waals surface area contributed by atoms with Crippen LogP contribution in [0.1, 0.15) is 57.1 Å². The number of carbonyl (C=O) groups is 1. The van der Waals surface area contributed by atoms with E-state index in [9.17, 15) is 4.79 Å². The van der Waals surface area contributed by atoms with E-state index in [-0.39, 0.29) is 6.61 Å². The van der Waals surface area contributed by atoms with Crippen LogP contribution in [0.2, 0.25) is 0 Å². The van der Waals surface area contributed by atoms with Gasteiger partial charge in [-0.1, -0.05) is 24.3 Å². The first-order valence-corrected chi connectivity index (χ1v) is 7.51. The van der Waals surface area contributed by atoms with Crippen LogP contribution in [0.25, 0.3) is 0 Å². The van der Waals surface area contributed by atoms with Crippen LogP contribution in [0.3, 0.4) is 0 Å². The number of esters is 1. The Kier molecular flexibility index (Phi) is 3.62. The Bertz CT molecular complexity index is 610. The van der Waals surface area contributed by atoms with E-state index >= 15 is 0 Å². The molecular formula is C17H25BO4. The van der Waals surface area contributed by atoms with Crippen molar-refractivity contribution in [1.82, 2.24) is 0 Å².